The molecule has 1 atom stereocenters. The molecule has 6 heteroatoms. The zero-order valence-electron chi connectivity index (χ0n) is 10.8. The minimum absolute atomic E-state index is 0.159. The first kappa shape index (κ1) is 13.9. The van der Waals surface area contributed by atoms with Crippen molar-refractivity contribution >= 4 is 5.82 Å². The molecule has 1 N–H and O–H groups in total. The van der Waals surface area contributed by atoms with E-state index in [4.69, 9.17) is 5.26 Å². The zero-order valence-corrected chi connectivity index (χ0v) is 10.8. The Labute approximate surface area is 115 Å². The number of nitriles is 1. The fourth-order valence-electron chi connectivity index (χ4n) is 1.75. The van der Waals surface area contributed by atoms with Crippen molar-refractivity contribution in [1.29, 1.82) is 5.26 Å². The number of nitrogens with zero attached hydrogens (tertiary/aromatic N) is 3. The normalized spacial score (nSPS) is 11.7. The van der Waals surface area contributed by atoms with Crippen LogP contribution in [0.25, 0.3) is 0 Å². The number of hydrogen-bond acceptors (Lipinski definition) is 4. The van der Waals surface area contributed by atoms with Gasteiger partial charge < -0.3 is 5.32 Å². The van der Waals surface area contributed by atoms with Crippen LogP contribution in [0, 0.1) is 23.0 Å². The summed E-state index contributed by atoms with van der Waals surface area (Å²) in [5.74, 6) is -0.819. The highest BCUT2D eigenvalue weighted by Gasteiger charge is 2.11. The maximum Gasteiger partial charge on any atom is 0.158 e. The molecule has 0 spiro atoms. The lowest BCUT2D eigenvalue weighted by atomic mass is 10.0. The van der Waals surface area contributed by atoms with E-state index in [-0.39, 0.29) is 11.6 Å². The average molecular weight is 274 g/mol. The zero-order chi connectivity index (χ0) is 14.5. The topological polar surface area (TPSA) is 61.6 Å². The molecule has 20 heavy (non-hydrogen) atoms. The molecule has 1 heterocycles. The largest absolute Gasteiger partial charge is 0.368 e. The third-order valence-corrected chi connectivity index (χ3v) is 2.85. The molecule has 0 saturated carbocycles. The molecule has 1 aromatic heterocycles. The Balaban J connectivity index is 2.01. The molecule has 0 aliphatic rings. The van der Waals surface area contributed by atoms with E-state index in [0.717, 1.165) is 6.07 Å². The van der Waals surface area contributed by atoms with E-state index in [0.29, 0.717) is 17.9 Å². The van der Waals surface area contributed by atoms with Crippen molar-refractivity contribution in [3.05, 3.63) is 53.5 Å². The summed E-state index contributed by atoms with van der Waals surface area (Å²) >= 11 is 0. The number of nitrogens with one attached hydrogen (secondary N) is 1. The van der Waals surface area contributed by atoms with Gasteiger partial charge in [0.2, 0.25) is 0 Å². The highest BCUT2D eigenvalue weighted by molar-refractivity contribution is 5.34. The molecule has 1 aromatic carbocycles. The Morgan fingerprint density at radius 3 is 2.70 bits per heavy atom. The minimum atomic E-state index is -0.593. The summed E-state index contributed by atoms with van der Waals surface area (Å²) in [5, 5.41) is 11.6. The summed E-state index contributed by atoms with van der Waals surface area (Å²) in [4.78, 5) is 7.87. The maximum absolute atomic E-state index is 13.6. The van der Waals surface area contributed by atoms with Crippen LogP contribution < -0.4 is 5.32 Å². The summed E-state index contributed by atoms with van der Waals surface area (Å²) in [6, 6.07) is 5.40. The lowest BCUT2D eigenvalue weighted by molar-refractivity contribution is 0.562. The number of anilines is 1. The molecule has 0 fully saturated rings. The van der Waals surface area contributed by atoms with Gasteiger partial charge in [-0.1, -0.05) is 13.0 Å². The van der Waals surface area contributed by atoms with E-state index in [1.54, 1.807) is 0 Å². The molecule has 2 aromatic rings. The molecule has 0 radical (unpaired) electrons. The monoisotopic (exact) mass is 274 g/mol. The van der Waals surface area contributed by atoms with Crippen LogP contribution >= 0.6 is 0 Å². The summed E-state index contributed by atoms with van der Waals surface area (Å²) in [6.07, 6.45) is 2.79. The predicted octanol–water partition coefficient (Wildman–Crippen LogP) is 2.84. The highest BCUT2D eigenvalue weighted by atomic mass is 19.1. The van der Waals surface area contributed by atoms with Crippen molar-refractivity contribution in [3.8, 4) is 6.07 Å². The molecular formula is C14H12F2N4. The van der Waals surface area contributed by atoms with Crippen molar-refractivity contribution < 1.29 is 8.78 Å². The second-order valence-corrected chi connectivity index (χ2v) is 4.35. The summed E-state index contributed by atoms with van der Waals surface area (Å²) in [5.41, 5.74) is 0.661. The number of aromatic nitrogens is 2. The van der Waals surface area contributed by atoms with Gasteiger partial charge in [-0.3, -0.25) is 0 Å². The Bertz CT molecular complexity index is 635. The Kier molecular flexibility index (Phi) is 4.20. The van der Waals surface area contributed by atoms with Crippen LogP contribution in [0.15, 0.2) is 30.6 Å². The van der Waals surface area contributed by atoms with Gasteiger partial charge in [-0.15, -0.1) is 0 Å². The Morgan fingerprint density at radius 1 is 1.30 bits per heavy atom. The fraction of sp³-hybridized carbons (Fsp3) is 0.214. The van der Waals surface area contributed by atoms with E-state index < -0.39 is 11.6 Å². The smallest absolute Gasteiger partial charge is 0.158 e. The van der Waals surface area contributed by atoms with Crippen molar-refractivity contribution in [2.45, 2.75) is 12.8 Å². The first-order valence-corrected chi connectivity index (χ1v) is 6.01. The Morgan fingerprint density at radius 2 is 2.10 bits per heavy atom. The van der Waals surface area contributed by atoms with Gasteiger partial charge in [-0.05, 0) is 11.6 Å². The molecule has 0 aliphatic carbocycles. The van der Waals surface area contributed by atoms with E-state index in [9.17, 15) is 8.78 Å². The van der Waals surface area contributed by atoms with Gasteiger partial charge in [0.1, 0.15) is 23.5 Å². The SMILES string of the molecule is CC(CNc1cnc(C#N)cn1)c1ccc(F)cc1F. The van der Waals surface area contributed by atoms with Crippen molar-refractivity contribution in [2.24, 2.45) is 0 Å². The second-order valence-electron chi connectivity index (χ2n) is 4.35. The van der Waals surface area contributed by atoms with Gasteiger partial charge in [-0.2, -0.15) is 5.26 Å². The number of halogens is 2. The molecule has 0 amide bonds. The van der Waals surface area contributed by atoms with E-state index in [1.807, 2.05) is 13.0 Å². The van der Waals surface area contributed by atoms with Crippen LogP contribution in [0.2, 0.25) is 0 Å². The molecule has 2 rings (SSSR count). The lowest BCUT2D eigenvalue weighted by Gasteiger charge is -2.14. The standard InChI is InChI=1S/C14H12F2N4/c1-9(12-3-2-10(15)4-13(12)16)6-19-14-8-18-11(5-17)7-20-14/h2-4,7-9H,6H2,1H3,(H,19,20). The van der Waals surface area contributed by atoms with Gasteiger partial charge >= 0.3 is 0 Å². The van der Waals surface area contributed by atoms with Crippen LogP contribution in [0.5, 0.6) is 0 Å². The van der Waals surface area contributed by atoms with Crippen LogP contribution in [0.4, 0.5) is 14.6 Å². The molecular weight excluding hydrogens is 262 g/mol. The van der Waals surface area contributed by atoms with Gasteiger partial charge in [0, 0.05) is 18.5 Å². The molecule has 0 saturated heterocycles. The lowest BCUT2D eigenvalue weighted by Crippen LogP contribution is -2.12. The highest BCUT2D eigenvalue weighted by Crippen LogP contribution is 2.20. The minimum Gasteiger partial charge on any atom is -0.368 e. The molecule has 1 unspecified atom stereocenters. The molecule has 4 nitrogen and oxygen atoms in total. The number of hydrogen-bond donors (Lipinski definition) is 1. The number of benzene rings is 1. The van der Waals surface area contributed by atoms with Gasteiger partial charge in [0.25, 0.3) is 0 Å². The first-order chi connectivity index (χ1) is 9.60. The summed E-state index contributed by atoms with van der Waals surface area (Å²) in [7, 11) is 0. The molecule has 0 aliphatic heterocycles. The maximum atomic E-state index is 13.6. The van der Waals surface area contributed by atoms with Crippen LogP contribution in [-0.4, -0.2) is 16.5 Å². The van der Waals surface area contributed by atoms with E-state index in [1.165, 1.54) is 24.5 Å². The average Bonchev–Trinajstić information content (AvgIpc) is 2.45. The molecule has 102 valence electrons. The van der Waals surface area contributed by atoms with Crippen LogP contribution in [0.1, 0.15) is 24.1 Å². The number of rotatable bonds is 4. The van der Waals surface area contributed by atoms with Crippen molar-refractivity contribution in [2.75, 3.05) is 11.9 Å². The summed E-state index contributed by atoms with van der Waals surface area (Å²) < 4.78 is 26.4. The van der Waals surface area contributed by atoms with Crippen LogP contribution in [0.3, 0.4) is 0 Å². The third-order valence-electron chi connectivity index (χ3n) is 2.85. The van der Waals surface area contributed by atoms with E-state index in [2.05, 4.69) is 15.3 Å². The van der Waals surface area contributed by atoms with Gasteiger partial charge in [-0.25, -0.2) is 18.7 Å². The van der Waals surface area contributed by atoms with E-state index >= 15 is 0 Å². The van der Waals surface area contributed by atoms with Crippen molar-refractivity contribution in [3.63, 3.8) is 0 Å². The van der Waals surface area contributed by atoms with Crippen LogP contribution in [-0.2, 0) is 0 Å². The Hall–Kier alpha value is -2.55. The van der Waals surface area contributed by atoms with Crippen molar-refractivity contribution in [1.82, 2.24) is 9.97 Å². The van der Waals surface area contributed by atoms with Gasteiger partial charge in [0.15, 0.2) is 5.69 Å². The fourth-order valence-corrected chi connectivity index (χ4v) is 1.75. The molecule has 0 bridgehead atoms. The van der Waals surface area contributed by atoms with Gasteiger partial charge in [0.05, 0.1) is 12.4 Å². The second kappa shape index (κ2) is 6.06. The predicted molar refractivity (Wildman–Crippen MR) is 70.0 cm³/mol. The first-order valence-electron chi connectivity index (χ1n) is 6.01. The quantitative estimate of drug-likeness (QED) is 0.931. The summed E-state index contributed by atoms with van der Waals surface area (Å²) in [6.45, 7) is 2.24. The third kappa shape index (κ3) is 3.26.